The Kier molecular flexibility index (Phi) is 3.04. The summed E-state index contributed by atoms with van der Waals surface area (Å²) in [6.07, 6.45) is 1.99. The average molecular weight is 231 g/mol. The van der Waals surface area contributed by atoms with Gasteiger partial charge in [0.15, 0.2) is 0 Å². The number of aryl methyl sites for hydroxylation is 2. The van der Waals surface area contributed by atoms with Gasteiger partial charge in [0, 0.05) is 13.2 Å². The fourth-order valence-corrected chi connectivity index (χ4v) is 1.85. The molecule has 1 heterocycles. The molecule has 1 N–H and O–H groups in total. The summed E-state index contributed by atoms with van der Waals surface area (Å²) < 4.78 is 7.39. The zero-order chi connectivity index (χ0) is 12.4. The monoisotopic (exact) mass is 231 g/mol. The molecule has 4 nitrogen and oxygen atoms in total. The molecule has 0 bridgehead atoms. The molecule has 0 spiro atoms. The first-order valence-electron chi connectivity index (χ1n) is 5.54. The number of nitrogens with zero attached hydrogens (tertiary/aromatic N) is 2. The minimum atomic E-state index is 0.811. The van der Waals surface area contributed by atoms with Gasteiger partial charge in [0.25, 0.3) is 0 Å². The third kappa shape index (κ3) is 2.11. The van der Waals surface area contributed by atoms with Gasteiger partial charge in [-0.25, -0.2) is 4.98 Å². The fourth-order valence-electron chi connectivity index (χ4n) is 1.85. The molecule has 0 amide bonds. The van der Waals surface area contributed by atoms with E-state index in [0.717, 1.165) is 23.1 Å². The Balaban J connectivity index is 2.61. The van der Waals surface area contributed by atoms with E-state index in [1.165, 1.54) is 5.56 Å². The maximum atomic E-state index is 5.39. The van der Waals surface area contributed by atoms with Crippen molar-refractivity contribution in [3.63, 3.8) is 0 Å². The normalized spacial score (nSPS) is 10.4. The van der Waals surface area contributed by atoms with Crippen LogP contribution in [0.15, 0.2) is 24.4 Å². The van der Waals surface area contributed by atoms with Crippen LogP contribution in [-0.2, 0) is 0 Å². The van der Waals surface area contributed by atoms with E-state index < -0.39 is 0 Å². The molecule has 1 aromatic heterocycles. The van der Waals surface area contributed by atoms with Crippen molar-refractivity contribution in [1.29, 1.82) is 0 Å². The largest absolute Gasteiger partial charge is 0.495 e. The van der Waals surface area contributed by atoms with E-state index in [-0.39, 0.29) is 0 Å². The first kappa shape index (κ1) is 11.5. The second kappa shape index (κ2) is 4.49. The third-order valence-electron chi connectivity index (χ3n) is 2.64. The summed E-state index contributed by atoms with van der Waals surface area (Å²) in [5.41, 5.74) is 3.16. The van der Waals surface area contributed by atoms with E-state index in [9.17, 15) is 0 Å². The molecule has 0 aliphatic rings. The molecule has 4 heteroatoms. The summed E-state index contributed by atoms with van der Waals surface area (Å²) in [5.74, 6) is 1.65. The number of imidazole rings is 1. The summed E-state index contributed by atoms with van der Waals surface area (Å²) in [5, 5.41) is 3.08. The lowest BCUT2D eigenvalue weighted by molar-refractivity contribution is 0.413. The van der Waals surface area contributed by atoms with Crippen LogP contribution in [0.4, 0.5) is 5.95 Å². The van der Waals surface area contributed by atoms with Gasteiger partial charge in [0.05, 0.1) is 18.5 Å². The number of anilines is 1. The second-order valence-corrected chi connectivity index (χ2v) is 4.00. The molecule has 0 atom stereocenters. The highest BCUT2D eigenvalue weighted by Gasteiger charge is 2.10. The molecule has 90 valence electrons. The predicted octanol–water partition coefficient (Wildman–Crippen LogP) is 2.54. The van der Waals surface area contributed by atoms with Gasteiger partial charge in [-0.15, -0.1) is 0 Å². The van der Waals surface area contributed by atoms with Crippen molar-refractivity contribution >= 4 is 5.95 Å². The van der Waals surface area contributed by atoms with Gasteiger partial charge in [-0.3, -0.25) is 4.57 Å². The maximum Gasteiger partial charge on any atom is 0.207 e. The van der Waals surface area contributed by atoms with E-state index in [2.05, 4.69) is 23.3 Å². The lowest BCUT2D eigenvalue weighted by Crippen LogP contribution is -2.02. The van der Waals surface area contributed by atoms with Crippen LogP contribution in [0.1, 0.15) is 11.3 Å². The number of hydrogen-bond donors (Lipinski definition) is 1. The zero-order valence-electron chi connectivity index (χ0n) is 10.6. The van der Waals surface area contributed by atoms with E-state index in [1.54, 1.807) is 7.11 Å². The topological polar surface area (TPSA) is 39.1 Å². The average Bonchev–Trinajstić information content (AvgIpc) is 2.70. The Bertz CT molecular complexity index is 531. The molecule has 2 aromatic rings. The van der Waals surface area contributed by atoms with Gasteiger partial charge in [-0.2, -0.15) is 0 Å². The van der Waals surface area contributed by atoms with Crippen molar-refractivity contribution in [1.82, 2.24) is 9.55 Å². The molecular formula is C13H17N3O. The lowest BCUT2D eigenvalue weighted by Gasteiger charge is -2.12. The fraction of sp³-hybridized carbons (Fsp3) is 0.308. The highest BCUT2D eigenvalue weighted by atomic mass is 16.5. The molecule has 0 saturated heterocycles. The molecular weight excluding hydrogens is 214 g/mol. The summed E-state index contributed by atoms with van der Waals surface area (Å²) in [4.78, 5) is 4.41. The summed E-state index contributed by atoms with van der Waals surface area (Å²) in [7, 11) is 3.54. The van der Waals surface area contributed by atoms with Crippen molar-refractivity contribution < 1.29 is 4.74 Å². The smallest absolute Gasteiger partial charge is 0.207 e. The van der Waals surface area contributed by atoms with Crippen molar-refractivity contribution in [3.05, 3.63) is 35.7 Å². The Morgan fingerprint density at radius 1 is 1.29 bits per heavy atom. The molecule has 0 aliphatic carbocycles. The van der Waals surface area contributed by atoms with Crippen LogP contribution in [0.5, 0.6) is 5.75 Å². The number of ether oxygens (including phenoxy) is 1. The number of nitrogens with one attached hydrogen (secondary N) is 1. The highest BCUT2D eigenvalue weighted by Crippen LogP contribution is 2.27. The third-order valence-corrected chi connectivity index (χ3v) is 2.64. The predicted molar refractivity (Wildman–Crippen MR) is 69.1 cm³/mol. The van der Waals surface area contributed by atoms with E-state index in [1.807, 2.05) is 36.9 Å². The van der Waals surface area contributed by atoms with Crippen molar-refractivity contribution in [2.45, 2.75) is 13.8 Å². The minimum Gasteiger partial charge on any atom is -0.495 e. The highest BCUT2D eigenvalue weighted by molar-refractivity contribution is 5.53. The molecule has 17 heavy (non-hydrogen) atoms. The van der Waals surface area contributed by atoms with Crippen LogP contribution >= 0.6 is 0 Å². The molecule has 0 unspecified atom stereocenters. The molecule has 0 aliphatic heterocycles. The first-order chi connectivity index (χ1) is 8.15. The first-order valence-corrected chi connectivity index (χ1v) is 5.54. The van der Waals surface area contributed by atoms with Gasteiger partial charge in [-0.05, 0) is 31.5 Å². The number of hydrogen-bond acceptors (Lipinski definition) is 3. The minimum absolute atomic E-state index is 0.811. The Hall–Kier alpha value is -1.97. The van der Waals surface area contributed by atoms with Crippen LogP contribution < -0.4 is 10.1 Å². The second-order valence-electron chi connectivity index (χ2n) is 4.00. The molecule has 0 fully saturated rings. The maximum absolute atomic E-state index is 5.39. The van der Waals surface area contributed by atoms with Crippen molar-refractivity contribution in [3.8, 4) is 11.4 Å². The SMILES string of the molecule is CNc1nc(C)cn1-c1cc(C)ccc1OC. The summed E-state index contributed by atoms with van der Waals surface area (Å²) in [6, 6.07) is 6.09. The number of rotatable bonds is 3. The zero-order valence-corrected chi connectivity index (χ0v) is 10.6. The number of methoxy groups -OCH3 is 1. The van der Waals surface area contributed by atoms with Gasteiger partial charge >= 0.3 is 0 Å². The summed E-state index contributed by atoms with van der Waals surface area (Å²) in [6.45, 7) is 4.03. The van der Waals surface area contributed by atoms with Gasteiger partial charge < -0.3 is 10.1 Å². The van der Waals surface area contributed by atoms with Crippen LogP contribution in [0, 0.1) is 13.8 Å². The summed E-state index contributed by atoms with van der Waals surface area (Å²) >= 11 is 0. The van der Waals surface area contributed by atoms with Crippen LogP contribution in [0.25, 0.3) is 5.69 Å². The molecule has 1 aromatic carbocycles. The molecule has 0 saturated carbocycles. The standard InChI is InChI=1S/C13H17N3O/c1-9-5-6-12(17-4)11(7-9)16-8-10(2)15-13(16)14-3/h5-8H,1-4H3,(H,14,15). The van der Waals surface area contributed by atoms with E-state index >= 15 is 0 Å². The Labute approximate surface area is 101 Å². The van der Waals surface area contributed by atoms with E-state index in [0.29, 0.717) is 0 Å². The quantitative estimate of drug-likeness (QED) is 0.882. The van der Waals surface area contributed by atoms with Crippen LogP contribution in [0.2, 0.25) is 0 Å². The van der Waals surface area contributed by atoms with Crippen LogP contribution in [0.3, 0.4) is 0 Å². The number of aromatic nitrogens is 2. The lowest BCUT2D eigenvalue weighted by atomic mass is 10.2. The van der Waals surface area contributed by atoms with Gasteiger partial charge in [-0.1, -0.05) is 6.07 Å². The molecule has 0 radical (unpaired) electrons. The van der Waals surface area contributed by atoms with Crippen molar-refractivity contribution in [2.24, 2.45) is 0 Å². The van der Waals surface area contributed by atoms with Crippen LogP contribution in [-0.4, -0.2) is 23.7 Å². The molecule has 2 rings (SSSR count). The Morgan fingerprint density at radius 2 is 2.06 bits per heavy atom. The van der Waals surface area contributed by atoms with Gasteiger partial charge in [0.1, 0.15) is 5.75 Å². The van der Waals surface area contributed by atoms with Gasteiger partial charge in [0.2, 0.25) is 5.95 Å². The van der Waals surface area contributed by atoms with E-state index in [4.69, 9.17) is 4.74 Å². The Morgan fingerprint density at radius 3 is 2.71 bits per heavy atom. The van der Waals surface area contributed by atoms with Crippen molar-refractivity contribution in [2.75, 3.05) is 19.5 Å². The number of benzene rings is 1.